The molecule has 2 heterocycles. The van der Waals surface area contributed by atoms with Crippen molar-refractivity contribution >= 4 is 17.5 Å². The lowest BCUT2D eigenvalue weighted by Crippen LogP contribution is -2.59. The number of piperazine rings is 1. The van der Waals surface area contributed by atoms with Crippen molar-refractivity contribution < 1.29 is 14.3 Å². The fourth-order valence-electron chi connectivity index (χ4n) is 3.85. The molecule has 0 radical (unpaired) electrons. The van der Waals surface area contributed by atoms with E-state index in [0.29, 0.717) is 13.0 Å². The Hall–Kier alpha value is -2.82. The van der Waals surface area contributed by atoms with E-state index < -0.39 is 6.10 Å². The summed E-state index contributed by atoms with van der Waals surface area (Å²) in [6.07, 6.45) is 0.0349. The molecule has 2 aromatic carbocycles. The Labute approximate surface area is 153 Å². The summed E-state index contributed by atoms with van der Waals surface area (Å²) in [6.45, 7) is 4.58. The third-order valence-corrected chi connectivity index (χ3v) is 5.13. The van der Waals surface area contributed by atoms with Crippen molar-refractivity contribution in [3.05, 3.63) is 59.7 Å². The van der Waals surface area contributed by atoms with Gasteiger partial charge in [-0.15, -0.1) is 0 Å². The molecular weight excluding hydrogens is 328 g/mol. The van der Waals surface area contributed by atoms with Crippen LogP contribution in [0, 0.1) is 6.92 Å². The lowest BCUT2D eigenvalue weighted by Gasteiger charge is -2.40. The molecule has 0 spiro atoms. The first kappa shape index (κ1) is 16.6. The Morgan fingerprint density at radius 2 is 1.85 bits per heavy atom. The second-order valence-electron chi connectivity index (χ2n) is 7.04. The van der Waals surface area contributed by atoms with Crippen LogP contribution in [0.3, 0.4) is 0 Å². The number of carbonyl (C=O) groups is 2. The lowest BCUT2D eigenvalue weighted by molar-refractivity contribution is -0.143. The first-order valence-corrected chi connectivity index (χ1v) is 8.95. The van der Waals surface area contributed by atoms with E-state index in [1.54, 1.807) is 4.90 Å². The van der Waals surface area contributed by atoms with Gasteiger partial charge in [0.05, 0.1) is 6.04 Å². The normalized spacial score (nSPS) is 22.2. The van der Waals surface area contributed by atoms with Gasteiger partial charge in [-0.05, 0) is 37.1 Å². The zero-order chi connectivity index (χ0) is 18.3. The van der Waals surface area contributed by atoms with E-state index in [-0.39, 0.29) is 24.4 Å². The van der Waals surface area contributed by atoms with Crippen molar-refractivity contribution in [2.75, 3.05) is 18.0 Å². The molecule has 0 unspecified atom stereocenters. The number of fused-ring (bicyclic) bond motifs is 1. The number of carbonyl (C=O) groups excluding carboxylic acids is 2. The van der Waals surface area contributed by atoms with Crippen LogP contribution in [0.1, 0.15) is 18.1 Å². The topological polar surface area (TPSA) is 49.9 Å². The fraction of sp³-hybridized carbons (Fsp3) is 0.333. The second kappa shape index (κ2) is 6.48. The minimum Gasteiger partial charge on any atom is -0.480 e. The van der Waals surface area contributed by atoms with Gasteiger partial charge in [0.1, 0.15) is 12.3 Å². The Bertz CT molecular complexity index is 839. The molecule has 1 fully saturated rings. The largest absolute Gasteiger partial charge is 0.480 e. The van der Waals surface area contributed by atoms with Crippen molar-refractivity contribution in [1.82, 2.24) is 4.90 Å². The Morgan fingerprint density at radius 1 is 1.12 bits per heavy atom. The van der Waals surface area contributed by atoms with E-state index in [0.717, 1.165) is 22.6 Å². The molecule has 1 saturated heterocycles. The maximum atomic E-state index is 12.9. The summed E-state index contributed by atoms with van der Waals surface area (Å²) in [4.78, 5) is 29.1. The number of para-hydroxylation sites is 2. The van der Waals surface area contributed by atoms with Crippen molar-refractivity contribution in [2.45, 2.75) is 32.4 Å². The Kier molecular flexibility index (Phi) is 4.15. The molecule has 0 aliphatic carbocycles. The number of nitrogens with zero attached hydrogens (tertiary/aromatic N) is 2. The third-order valence-electron chi connectivity index (χ3n) is 5.13. The third kappa shape index (κ3) is 2.83. The quantitative estimate of drug-likeness (QED) is 0.836. The van der Waals surface area contributed by atoms with Gasteiger partial charge in [0.15, 0.2) is 6.10 Å². The smallest absolute Gasteiger partial charge is 0.264 e. The Morgan fingerprint density at radius 3 is 2.58 bits per heavy atom. The van der Waals surface area contributed by atoms with E-state index in [1.807, 2.05) is 67.3 Å². The molecule has 0 aromatic heterocycles. The second-order valence-corrected chi connectivity index (χ2v) is 7.04. The van der Waals surface area contributed by atoms with E-state index in [4.69, 9.17) is 4.74 Å². The zero-order valence-corrected chi connectivity index (χ0v) is 15.0. The minimum absolute atomic E-state index is 0.0538. The van der Waals surface area contributed by atoms with Gasteiger partial charge < -0.3 is 14.5 Å². The molecule has 2 amide bonds. The van der Waals surface area contributed by atoms with Crippen LogP contribution in [0.25, 0.3) is 0 Å². The fourth-order valence-corrected chi connectivity index (χ4v) is 3.85. The molecule has 4 rings (SSSR count). The molecule has 2 atom stereocenters. The number of rotatable bonds is 2. The molecule has 0 saturated carbocycles. The summed E-state index contributed by atoms with van der Waals surface area (Å²) >= 11 is 0. The van der Waals surface area contributed by atoms with E-state index in [9.17, 15) is 9.59 Å². The van der Waals surface area contributed by atoms with E-state index >= 15 is 0 Å². The van der Waals surface area contributed by atoms with Crippen LogP contribution in [0.2, 0.25) is 0 Å². The van der Waals surface area contributed by atoms with Gasteiger partial charge in [-0.2, -0.15) is 0 Å². The summed E-state index contributed by atoms with van der Waals surface area (Å²) in [5.41, 5.74) is 3.02. The van der Waals surface area contributed by atoms with Crippen LogP contribution in [0.15, 0.2) is 48.5 Å². The van der Waals surface area contributed by atoms with Crippen molar-refractivity contribution in [3.8, 4) is 5.75 Å². The number of hydrogen-bond acceptors (Lipinski definition) is 3. The number of amides is 2. The predicted octanol–water partition coefficient (Wildman–Crippen LogP) is 2.56. The van der Waals surface area contributed by atoms with Crippen LogP contribution in [0.4, 0.5) is 5.69 Å². The van der Waals surface area contributed by atoms with Crippen molar-refractivity contribution in [1.29, 1.82) is 0 Å². The SMILES string of the molecule is Cc1ccccc1N1C(=O)CN(C(=O)[C@@H]2Cc3ccccc3O2)C[C@H]1C. The number of hydrogen-bond donors (Lipinski definition) is 0. The molecule has 5 nitrogen and oxygen atoms in total. The monoisotopic (exact) mass is 350 g/mol. The highest BCUT2D eigenvalue weighted by Crippen LogP contribution is 2.30. The van der Waals surface area contributed by atoms with Gasteiger partial charge >= 0.3 is 0 Å². The van der Waals surface area contributed by atoms with Gasteiger partial charge in [-0.25, -0.2) is 0 Å². The summed E-state index contributed by atoms with van der Waals surface area (Å²) in [7, 11) is 0. The molecule has 134 valence electrons. The number of aryl methyl sites for hydroxylation is 1. The molecule has 2 aliphatic rings. The molecule has 26 heavy (non-hydrogen) atoms. The molecule has 5 heteroatoms. The molecular formula is C21H22N2O3. The molecule has 2 aliphatic heterocycles. The summed E-state index contributed by atoms with van der Waals surface area (Å²) < 4.78 is 5.81. The van der Waals surface area contributed by atoms with Crippen LogP contribution in [-0.4, -0.2) is 41.9 Å². The van der Waals surface area contributed by atoms with Crippen LogP contribution < -0.4 is 9.64 Å². The highest BCUT2D eigenvalue weighted by molar-refractivity contribution is 5.99. The summed E-state index contributed by atoms with van der Waals surface area (Å²) in [5.74, 6) is 0.608. The number of anilines is 1. The average Bonchev–Trinajstić information content (AvgIpc) is 3.06. The first-order valence-electron chi connectivity index (χ1n) is 8.95. The highest BCUT2D eigenvalue weighted by atomic mass is 16.5. The molecule has 0 bridgehead atoms. The van der Waals surface area contributed by atoms with Crippen LogP contribution >= 0.6 is 0 Å². The maximum absolute atomic E-state index is 12.9. The van der Waals surface area contributed by atoms with Crippen LogP contribution in [-0.2, 0) is 16.0 Å². The molecule has 0 N–H and O–H groups in total. The predicted molar refractivity (Wildman–Crippen MR) is 99.3 cm³/mol. The standard InChI is InChI=1S/C21H22N2O3/c1-14-7-3-5-9-17(14)23-15(2)12-22(13-20(23)24)21(25)19-11-16-8-4-6-10-18(16)26-19/h3-10,15,19H,11-13H2,1-2H3/t15-,19+/m1/s1. The summed E-state index contributed by atoms with van der Waals surface area (Å²) in [5, 5.41) is 0. The Balaban J connectivity index is 1.49. The first-order chi connectivity index (χ1) is 12.5. The maximum Gasteiger partial charge on any atom is 0.264 e. The average molecular weight is 350 g/mol. The number of benzene rings is 2. The zero-order valence-electron chi connectivity index (χ0n) is 15.0. The highest BCUT2D eigenvalue weighted by Gasteiger charge is 2.38. The van der Waals surface area contributed by atoms with Crippen LogP contribution in [0.5, 0.6) is 5.75 Å². The lowest BCUT2D eigenvalue weighted by atomic mass is 10.1. The summed E-state index contributed by atoms with van der Waals surface area (Å²) in [6, 6.07) is 15.5. The van der Waals surface area contributed by atoms with E-state index in [1.165, 1.54) is 0 Å². The van der Waals surface area contributed by atoms with Gasteiger partial charge in [0.2, 0.25) is 5.91 Å². The van der Waals surface area contributed by atoms with Crippen molar-refractivity contribution in [2.24, 2.45) is 0 Å². The minimum atomic E-state index is -0.530. The van der Waals surface area contributed by atoms with E-state index in [2.05, 4.69) is 0 Å². The van der Waals surface area contributed by atoms with Gasteiger partial charge in [0.25, 0.3) is 5.91 Å². The van der Waals surface area contributed by atoms with Gasteiger partial charge in [-0.3, -0.25) is 9.59 Å². The van der Waals surface area contributed by atoms with Crippen molar-refractivity contribution in [3.63, 3.8) is 0 Å². The van der Waals surface area contributed by atoms with Gasteiger partial charge in [-0.1, -0.05) is 36.4 Å². The number of ether oxygens (including phenoxy) is 1. The molecule has 2 aromatic rings. The van der Waals surface area contributed by atoms with Gasteiger partial charge in [0, 0.05) is 18.7 Å².